The molecule has 0 radical (unpaired) electrons. The minimum absolute atomic E-state index is 0.268. The first-order valence-electron chi connectivity index (χ1n) is 8.36. The summed E-state index contributed by atoms with van der Waals surface area (Å²) in [5.74, 6) is -1.41. The third-order valence-corrected chi connectivity index (χ3v) is 3.38. The Morgan fingerprint density at radius 2 is 1.00 bits per heavy atom. The van der Waals surface area contributed by atoms with E-state index >= 15 is 0 Å². The average molecular weight is 310 g/mol. The summed E-state index contributed by atoms with van der Waals surface area (Å²) in [5.41, 5.74) is 0. The molecule has 0 spiro atoms. The molecule has 0 aromatic heterocycles. The highest BCUT2D eigenvalue weighted by Gasteiger charge is 1.96. The van der Waals surface area contributed by atoms with E-state index in [1.807, 2.05) is 0 Å². The van der Waals surface area contributed by atoms with Crippen LogP contribution in [0.25, 0.3) is 0 Å². The van der Waals surface area contributed by atoms with Gasteiger partial charge in [-0.05, 0) is 44.9 Å². The molecule has 0 saturated carbocycles. The Morgan fingerprint density at radius 3 is 1.55 bits per heavy atom. The molecule has 0 amide bonds. The van der Waals surface area contributed by atoms with Crippen LogP contribution in [0, 0.1) is 0 Å². The molecular weight excluding hydrogens is 280 g/mol. The highest BCUT2D eigenvalue weighted by molar-refractivity contribution is 5.66. The molecule has 0 aliphatic heterocycles. The number of hydrogen-bond donors (Lipinski definition) is 2. The van der Waals surface area contributed by atoms with Crippen molar-refractivity contribution in [3.8, 4) is 0 Å². The molecule has 0 aromatic carbocycles. The van der Waals surface area contributed by atoms with Crippen LogP contribution in [0.5, 0.6) is 0 Å². The third-order valence-electron chi connectivity index (χ3n) is 3.38. The number of allylic oxidation sites excluding steroid dienone is 4. The van der Waals surface area contributed by atoms with Crippen LogP contribution in [-0.4, -0.2) is 22.2 Å². The maximum absolute atomic E-state index is 10.3. The van der Waals surface area contributed by atoms with Gasteiger partial charge in [0.25, 0.3) is 0 Å². The lowest BCUT2D eigenvalue weighted by atomic mass is 10.1. The second kappa shape index (κ2) is 15.8. The van der Waals surface area contributed by atoms with Crippen LogP contribution in [0.4, 0.5) is 0 Å². The van der Waals surface area contributed by atoms with E-state index in [4.69, 9.17) is 10.2 Å². The number of carboxylic acid groups (broad SMARTS) is 2. The number of unbranched alkanes of at least 4 members (excludes halogenated alkanes) is 7. The molecule has 0 bridgehead atoms. The average Bonchev–Trinajstić information content (AvgIpc) is 2.46. The van der Waals surface area contributed by atoms with Crippen LogP contribution in [0.2, 0.25) is 0 Å². The van der Waals surface area contributed by atoms with Gasteiger partial charge in [-0.3, -0.25) is 9.59 Å². The van der Waals surface area contributed by atoms with Gasteiger partial charge in [-0.1, -0.05) is 43.6 Å². The summed E-state index contributed by atoms with van der Waals surface area (Å²) in [7, 11) is 0. The summed E-state index contributed by atoms with van der Waals surface area (Å²) < 4.78 is 0. The molecule has 0 fully saturated rings. The van der Waals surface area contributed by atoms with Crippen LogP contribution in [-0.2, 0) is 9.59 Å². The zero-order valence-corrected chi connectivity index (χ0v) is 13.5. The maximum Gasteiger partial charge on any atom is 0.303 e. The Labute approximate surface area is 133 Å². The van der Waals surface area contributed by atoms with Gasteiger partial charge in [0.1, 0.15) is 0 Å². The Morgan fingerprint density at radius 1 is 0.591 bits per heavy atom. The number of carboxylic acids is 2. The number of aliphatic carboxylic acids is 2. The zero-order chi connectivity index (χ0) is 16.5. The van der Waals surface area contributed by atoms with Crippen molar-refractivity contribution < 1.29 is 19.8 Å². The summed E-state index contributed by atoms with van der Waals surface area (Å²) in [6.07, 6.45) is 19.1. The number of carbonyl (C=O) groups is 2. The second-order valence-corrected chi connectivity index (χ2v) is 5.52. The molecule has 4 nitrogen and oxygen atoms in total. The molecule has 4 heteroatoms. The highest BCUT2D eigenvalue weighted by Crippen LogP contribution is 2.08. The molecule has 22 heavy (non-hydrogen) atoms. The molecule has 126 valence electrons. The normalized spacial score (nSPS) is 11.5. The first-order chi connectivity index (χ1) is 10.6. The van der Waals surface area contributed by atoms with Crippen LogP contribution < -0.4 is 0 Å². The van der Waals surface area contributed by atoms with Crippen LogP contribution in [0.1, 0.15) is 77.0 Å². The molecule has 0 rings (SSSR count). The molecule has 0 saturated heterocycles. The van der Waals surface area contributed by atoms with Gasteiger partial charge in [0.2, 0.25) is 0 Å². The van der Waals surface area contributed by atoms with E-state index in [9.17, 15) is 9.59 Å². The molecular formula is C18H30O4. The van der Waals surface area contributed by atoms with Gasteiger partial charge in [-0.2, -0.15) is 0 Å². The first-order valence-corrected chi connectivity index (χ1v) is 8.36. The van der Waals surface area contributed by atoms with Gasteiger partial charge in [0.15, 0.2) is 0 Å². The lowest BCUT2D eigenvalue weighted by molar-refractivity contribution is -0.138. The van der Waals surface area contributed by atoms with Gasteiger partial charge < -0.3 is 10.2 Å². The second-order valence-electron chi connectivity index (χ2n) is 5.52. The predicted molar refractivity (Wildman–Crippen MR) is 89.0 cm³/mol. The smallest absolute Gasteiger partial charge is 0.303 e. The number of hydrogen-bond acceptors (Lipinski definition) is 2. The lowest BCUT2D eigenvalue weighted by Crippen LogP contribution is -1.93. The van der Waals surface area contributed by atoms with Gasteiger partial charge >= 0.3 is 11.9 Å². The van der Waals surface area contributed by atoms with Gasteiger partial charge in [-0.15, -0.1) is 0 Å². The monoisotopic (exact) mass is 310 g/mol. The maximum atomic E-state index is 10.3. The molecule has 0 heterocycles. The van der Waals surface area contributed by atoms with E-state index in [0.717, 1.165) is 51.4 Å². The Bertz CT molecular complexity index is 345. The summed E-state index contributed by atoms with van der Waals surface area (Å²) in [4.78, 5) is 20.6. The lowest BCUT2D eigenvalue weighted by Gasteiger charge is -1.98. The summed E-state index contributed by atoms with van der Waals surface area (Å²) in [6.45, 7) is 0. The van der Waals surface area contributed by atoms with Crippen molar-refractivity contribution in [1.29, 1.82) is 0 Å². The van der Waals surface area contributed by atoms with Crippen molar-refractivity contribution in [3.63, 3.8) is 0 Å². The molecule has 0 aliphatic carbocycles. The predicted octanol–water partition coefficient (Wildman–Crippen LogP) is 4.95. The quantitative estimate of drug-likeness (QED) is 0.331. The highest BCUT2D eigenvalue weighted by atomic mass is 16.4. The van der Waals surface area contributed by atoms with Crippen LogP contribution in [0.3, 0.4) is 0 Å². The van der Waals surface area contributed by atoms with Crippen molar-refractivity contribution in [2.45, 2.75) is 77.0 Å². The number of rotatable bonds is 15. The fourth-order valence-corrected chi connectivity index (χ4v) is 2.11. The van der Waals surface area contributed by atoms with Crippen LogP contribution in [0.15, 0.2) is 24.3 Å². The van der Waals surface area contributed by atoms with Crippen molar-refractivity contribution in [2.24, 2.45) is 0 Å². The third kappa shape index (κ3) is 18.4. The van der Waals surface area contributed by atoms with E-state index in [1.54, 1.807) is 0 Å². The van der Waals surface area contributed by atoms with Gasteiger partial charge in [-0.25, -0.2) is 0 Å². The molecule has 0 aromatic rings. The topological polar surface area (TPSA) is 74.6 Å². The van der Waals surface area contributed by atoms with E-state index in [-0.39, 0.29) is 6.42 Å². The largest absolute Gasteiger partial charge is 0.481 e. The van der Waals surface area contributed by atoms with Gasteiger partial charge in [0.05, 0.1) is 0 Å². The minimum atomic E-state index is -0.714. The van der Waals surface area contributed by atoms with E-state index < -0.39 is 11.9 Å². The minimum Gasteiger partial charge on any atom is -0.481 e. The Hall–Kier alpha value is -1.58. The summed E-state index contributed by atoms with van der Waals surface area (Å²) in [5, 5.41) is 17.0. The van der Waals surface area contributed by atoms with E-state index in [0.29, 0.717) is 6.42 Å². The Balaban J connectivity index is 3.23. The fourth-order valence-electron chi connectivity index (χ4n) is 2.11. The SMILES string of the molecule is O=C(O)CCCC/C=C\C/C=C\CCCCCCCC(=O)O. The van der Waals surface area contributed by atoms with Gasteiger partial charge in [0, 0.05) is 12.8 Å². The molecule has 2 N–H and O–H groups in total. The van der Waals surface area contributed by atoms with E-state index in [1.165, 1.54) is 12.8 Å². The van der Waals surface area contributed by atoms with E-state index in [2.05, 4.69) is 24.3 Å². The molecule has 0 atom stereocenters. The van der Waals surface area contributed by atoms with Crippen molar-refractivity contribution in [2.75, 3.05) is 0 Å². The molecule has 0 unspecified atom stereocenters. The summed E-state index contributed by atoms with van der Waals surface area (Å²) >= 11 is 0. The summed E-state index contributed by atoms with van der Waals surface area (Å²) in [6, 6.07) is 0. The van der Waals surface area contributed by atoms with Crippen molar-refractivity contribution in [3.05, 3.63) is 24.3 Å². The first kappa shape index (κ1) is 20.4. The van der Waals surface area contributed by atoms with Crippen molar-refractivity contribution >= 4 is 11.9 Å². The Kier molecular flexibility index (Phi) is 14.7. The standard InChI is InChI=1S/C18H30O4/c19-17(20)15-13-11-9-7-5-3-1-2-4-6-8-10-12-14-16-18(21)22/h1-2,5,7H,3-4,6,8-16H2,(H,19,20)(H,21,22)/b2-1-,7-5-. The molecule has 0 aliphatic rings. The zero-order valence-electron chi connectivity index (χ0n) is 13.5. The van der Waals surface area contributed by atoms with Crippen molar-refractivity contribution in [1.82, 2.24) is 0 Å². The fraction of sp³-hybridized carbons (Fsp3) is 0.667. The van der Waals surface area contributed by atoms with Crippen LogP contribution >= 0.6 is 0 Å².